The minimum Gasteiger partial charge on any atom is -0.494 e. The first-order valence-electron chi connectivity index (χ1n) is 7.86. The van der Waals surface area contributed by atoms with Gasteiger partial charge in [0.05, 0.1) is 6.61 Å². The van der Waals surface area contributed by atoms with Gasteiger partial charge in [-0.1, -0.05) is 19.8 Å². The number of hydrogen-bond acceptors (Lipinski definition) is 3. The summed E-state index contributed by atoms with van der Waals surface area (Å²) in [5.41, 5.74) is -0.625. The third-order valence-corrected chi connectivity index (χ3v) is 4.10. The molecule has 2 N–H and O–H groups in total. The maximum atomic E-state index is 12.2. The minimum atomic E-state index is -1.08. The van der Waals surface area contributed by atoms with Crippen LogP contribution in [0.2, 0.25) is 0 Å². The minimum absolute atomic E-state index is 0.348. The molecule has 1 aliphatic rings. The third-order valence-electron chi connectivity index (χ3n) is 4.10. The monoisotopic (exact) mass is 305 g/mol. The fourth-order valence-corrected chi connectivity index (χ4v) is 2.46. The van der Waals surface area contributed by atoms with Crippen LogP contribution in [0.25, 0.3) is 0 Å². The topological polar surface area (TPSA) is 75.6 Å². The van der Waals surface area contributed by atoms with Crippen molar-refractivity contribution >= 4 is 11.9 Å². The normalized spacial score (nSPS) is 15.7. The fraction of sp³-hybridized carbons (Fsp3) is 0.529. The smallest absolute Gasteiger partial charge is 0.329 e. The maximum Gasteiger partial charge on any atom is 0.329 e. The zero-order valence-corrected chi connectivity index (χ0v) is 12.9. The van der Waals surface area contributed by atoms with Crippen molar-refractivity contribution < 1.29 is 19.4 Å². The van der Waals surface area contributed by atoms with E-state index in [-0.39, 0.29) is 5.91 Å². The Balaban J connectivity index is 1.89. The number of unbranched alkanes of at least 4 members (excludes halogenated alkanes) is 2. The van der Waals surface area contributed by atoms with E-state index in [4.69, 9.17) is 4.74 Å². The number of benzene rings is 1. The van der Waals surface area contributed by atoms with Gasteiger partial charge in [0.1, 0.15) is 11.3 Å². The molecule has 1 aromatic carbocycles. The lowest BCUT2D eigenvalue weighted by atomic mass is 9.76. The molecule has 2 rings (SSSR count). The molecule has 1 aliphatic carbocycles. The Morgan fingerprint density at radius 2 is 1.91 bits per heavy atom. The van der Waals surface area contributed by atoms with E-state index in [0.717, 1.165) is 31.4 Å². The van der Waals surface area contributed by atoms with Crippen LogP contribution in [0.3, 0.4) is 0 Å². The first kappa shape index (κ1) is 16.3. The summed E-state index contributed by atoms with van der Waals surface area (Å²) in [6.45, 7) is 2.81. The Morgan fingerprint density at radius 1 is 1.23 bits per heavy atom. The summed E-state index contributed by atoms with van der Waals surface area (Å²) in [6.07, 6.45) is 5.11. The van der Waals surface area contributed by atoms with Crippen molar-refractivity contribution in [1.82, 2.24) is 5.32 Å². The zero-order chi connectivity index (χ0) is 16.0. The molecule has 1 saturated carbocycles. The molecule has 22 heavy (non-hydrogen) atoms. The second kappa shape index (κ2) is 7.29. The van der Waals surface area contributed by atoms with Crippen molar-refractivity contribution in [3.63, 3.8) is 0 Å². The van der Waals surface area contributed by atoms with E-state index in [0.29, 0.717) is 25.0 Å². The Labute approximate surface area is 130 Å². The first-order chi connectivity index (χ1) is 10.6. The van der Waals surface area contributed by atoms with Crippen LogP contribution < -0.4 is 10.1 Å². The average molecular weight is 305 g/mol. The fourth-order valence-electron chi connectivity index (χ4n) is 2.46. The van der Waals surface area contributed by atoms with Crippen molar-refractivity contribution in [2.24, 2.45) is 0 Å². The van der Waals surface area contributed by atoms with E-state index in [9.17, 15) is 14.7 Å². The predicted octanol–water partition coefficient (Wildman–Crippen LogP) is 2.99. The van der Waals surface area contributed by atoms with Crippen LogP contribution in [0.5, 0.6) is 5.75 Å². The van der Waals surface area contributed by atoms with Crippen molar-refractivity contribution in [1.29, 1.82) is 0 Å². The van der Waals surface area contributed by atoms with Gasteiger partial charge in [-0.15, -0.1) is 0 Å². The molecular formula is C17H23NO4. The summed E-state index contributed by atoms with van der Waals surface area (Å²) in [6, 6.07) is 6.82. The quantitative estimate of drug-likeness (QED) is 0.724. The molecule has 0 spiro atoms. The number of carbonyl (C=O) groups is 2. The van der Waals surface area contributed by atoms with Crippen molar-refractivity contribution in [3.05, 3.63) is 29.8 Å². The number of hydrogen-bond donors (Lipinski definition) is 2. The lowest BCUT2D eigenvalue weighted by Crippen LogP contribution is -2.59. The lowest BCUT2D eigenvalue weighted by Gasteiger charge is -2.38. The van der Waals surface area contributed by atoms with E-state index < -0.39 is 11.5 Å². The molecule has 1 amide bonds. The number of ether oxygens (including phenoxy) is 1. The molecule has 0 saturated heterocycles. The maximum absolute atomic E-state index is 12.2. The van der Waals surface area contributed by atoms with Crippen LogP contribution in [0.1, 0.15) is 55.8 Å². The van der Waals surface area contributed by atoms with Gasteiger partial charge in [-0.3, -0.25) is 4.79 Å². The van der Waals surface area contributed by atoms with Gasteiger partial charge < -0.3 is 15.2 Å². The van der Waals surface area contributed by atoms with Crippen molar-refractivity contribution in [2.75, 3.05) is 6.61 Å². The molecule has 0 unspecified atom stereocenters. The van der Waals surface area contributed by atoms with Crippen LogP contribution in [0.15, 0.2) is 24.3 Å². The number of amides is 1. The molecule has 0 heterocycles. The highest BCUT2D eigenvalue weighted by Gasteiger charge is 2.45. The van der Waals surface area contributed by atoms with Crippen molar-refractivity contribution in [2.45, 2.75) is 51.0 Å². The largest absolute Gasteiger partial charge is 0.494 e. The predicted molar refractivity (Wildman–Crippen MR) is 83.1 cm³/mol. The van der Waals surface area contributed by atoms with Crippen LogP contribution in [0, 0.1) is 0 Å². The van der Waals surface area contributed by atoms with Crippen LogP contribution >= 0.6 is 0 Å². The molecule has 0 atom stereocenters. The van der Waals surface area contributed by atoms with Crippen LogP contribution in [0.4, 0.5) is 0 Å². The Bertz CT molecular complexity index is 520. The summed E-state index contributed by atoms with van der Waals surface area (Å²) in [4.78, 5) is 23.4. The summed E-state index contributed by atoms with van der Waals surface area (Å²) in [7, 11) is 0. The number of carboxylic acid groups (broad SMARTS) is 1. The first-order valence-corrected chi connectivity index (χ1v) is 7.86. The second-order valence-corrected chi connectivity index (χ2v) is 5.77. The van der Waals surface area contributed by atoms with Gasteiger partial charge in [0.25, 0.3) is 5.91 Å². The highest BCUT2D eigenvalue weighted by Crippen LogP contribution is 2.32. The molecular weight excluding hydrogens is 282 g/mol. The highest BCUT2D eigenvalue weighted by atomic mass is 16.5. The summed E-state index contributed by atoms with van der Waals surface area (Å²) < 4.78 is 5.59. The molecule has 0 aliphatic heterocycles. The van der Waals surface area contributed by atoms with Gasteiger partial charge in [-0.25, -0.2) is 4.79 Å². The highest BCUT2D eigenvalue weighted by molar-refractivity contribution is 5.98. The van der Waals surface area contributed by atoms with Gasteiger partial charge in [-0.2, -0.15) is 0 Å². The number of carboxylic acids is 1. The van der Waals surface area contributed by atoms with Gasteiger partial charge in [0, 0.05) is 5.56 Å². The molecule has 0 bridgehead atoms. The van der Waals surface area contributed by atoms with Gasteiger partial charge in [-0.05, 0) is 49.9 Å². The van der Waals surface area contributed by atoms with Crippen LogP contribution in [-0.2, 0) is 4.79 Å². The molecule has 1 fully saturated rings. The van der Waals surface area contributed by atoms with Gasteiger partial charge in [0.15, 0.2) is 0 Å². The number of carbonyl (C=O) groups excluding carboxylic acids is 1. The number of nitrogens with one attached hydrogen (secondary N) is 1. The molecule has 0 aromatic heterocycles. The van der Waals surface area contributed by atoms with E-state index in [1.54, 1.807) is 24.3 Å². The molecule has 0 radical (unpaired) electrons. The van der Waals surface area contributed by atoms with Crippen LogP contribution in [-0.4, -0.2) is 29.1 Å². The number of aliphatic carboxylic acids is 1. The Morgan fingerprint density at radius 3 is 2.41 bits per heavy atom. The summed E-state index contributed by atoms with van der Waals surface area (Å²) in [5, 5.41) is 11.9. The lowest BCUT2D eigenvalue weighted by molar-refractivity contribution is -0.148. The molecule has 5 nitrogen and oxygen atoms in total. The van der Waals surface area contributed by atoms with Gasteiger partial charge in [0.2, 0.25) is 0 Å². The van der Waals surface area contributed by atoms with E-state index in [1.165, 1.54) is 0 Å². The Kier molecular flexibility index (Phi) is 5.41. The van der Waals surface area contributed by atoms with E-state index in [1.807, 2.05) is 0 Å². The summed E-state index contributed by atoms with van der Waals surface area (Å²) in [5.74, 6) is -0.577. The van der Waals surface area contributed by atoms with Gasteiger partial charge >= 0.3 is 5.97 Å². The summed E-state index contributed by atoms with van der Waals surface area (Å²) >= 11 is 0. The van der Waals surface area contributed by atoms with Crippen molar-refractivity contribution in [3.8, 4) is 5.75 Å². The number of rotatable bonds is 8. The third kappa shape index (κ3) is 3.78. The Hall–Kier alpha value is -2.04. The van der Waals surface area contributed by atoms with E-state index >= 15 is 0 Å². The molecule has 5 heteroatoms. The molecule has 120 valence electrons. The second-order valence-electron chi connectivity index (χ2n) is 5.77. The molecule has 1 aromatic rings. The zero-order valence-electron chi connectivity index (χ0n) is 12.9. The SMILES string of the molecule is CCCCCOc1ccc(C(=O)NC2(C(=O)O)CCC2)cc1. The standard InChI is InChI=1S/C17H23NO4/c1-2-3-4-12-22-14-8-6-13(7-9-14)15(19)18-17(16(20)21)10-5-11-17/h6-9H,2-5,10-12H2,1H3,(H,18,19)(H,20,21). The van der Waals surface area contributed by atoms with E-state index in [2.05, 4.69) is 12.2 Å². The average Bonchev–Trinajstić information content (AvgIpc) is 2.47.